The number of halogens is 1. The lowest BCUT2D eigenvalue weighted by molar-refractivity contribution is -0.138. The maximum Gasteiger partial charge on any atom is 0.415 e. The van der Waals surface area contributed by atoms with Gasteiger partial charge in [0.1, 0.15) is 29.5 Å². The highest BCUT2D eigenvalue weighted by Gasteiger charge is 2.38. The molecular weight excluding hydrogens is 934 g/mol. The van der Waals surface area contributed by atoms with E-state index in [0.29, 0.717) is 86.8 Å². The zero-order valence-electron chi connectivity index (χ0n) is 42.3. The molecule has 3 saturated heterocycles. The van der Waals surface area contributed by atoms with Crippen LogP contribution >= 0.6 is 0 Å². The number of piperazine rings is 1. The molecule has 5 aromatic rings. The number of benzene rings is 3. The van der Waals surface area contributed by atoms with Gasteiger partial charge in [-0.2, -0.15) is 0 Å². The lowest BCUT2D eigenvalue weighted by Gasteiger charge is -2.48. The molecule has 3 fully saturated rings. The van der Waals surface area contributed by atoms with Crippen LogP contribution in [-0.4, -0.2) is 138 Å². The highest BCUT2D eigenvalue weighted by Crippen LogP contribution is 2.40. The third-order valence-electron chi connectivity index (χ3n) is 14.3. The number of carbonyl (C=O) groups is 4. The number of carbonyl (C=O) groups excluding carboxylic acids is 4. The number of nitrogens with one attached hydrogen (secondary N) is 1. The fourth-order valence-corrected chi connectivity index (χ4v) is 10.2. The Kier molecular flexibility index (Phi) is 13.6. The van der Waals surface area contributed by atoms with Gasteiger partial charge in [0.05, 0.1) is 50.7 Å². The Hall–Kier alpha value is -7.54. The summed E-state index contributed by atoms with van der Waals surface area (Å²) >= 11 is 0. The first-order valence-corrected chi connectivity index (χ1v) is 25.0. The Labute approximate surface area is 424 Å². The molecule has 0 atom stereocenters. The molecule has 5 amide bonds. The monoisotopic (exact) mass is 995 g/mol. The highest BCUT2D eigenvalue weighted by molar-refractivity contribution is 6.06. The van der Waals surface area contributed by atoms with Crippen LogP contribution in [0.2, 0.25) is 0 Å². The van der Waals surface area contributed by atoms with Crippen molar-refractivity contribution in [2.24, 2.45) is 0 Å². The largest absolute Gasteiger partial charge is 0.497 e. The van der Waals surface area contributed by atoms with E-state index in [2.05, 4.69) is 36.1 Å². The molecule has 0 radical (unpaired) electrons. The molecule has 0 bridgehead atoms. The summed E-state index contributed by atoms with van der Waals surface area (Å²) in [7, 11) is 1.60. The number of pyridine rings is 1. The molecule has 19 heteroatoms. The Balaban J connectivity index is 0.693. The van der Waals surface area contributed by atoms with Crippen molar-refractivity contribution >= 4 is 58.3 Å². The van der Waals surface area contributed by atoms with Crippen molar-refractivity contribution in [2.45, 2.75) is 78.6 Å². The second-order valence-corrected chi connectivity index (χ2v) is 20.3. The van der Waals surface area contributed by atoms with Crippen LogP contribution in [0, 0.1) is 19.7 Å². The molecule has 7 heterocycles. The van der Waals surface area contributed by atoms with Crippen LogP contribution in [0.25, 0.3) is 0 Å². The molecule has 18 nitrogen and oxygen atoms in total. The van der Waals surface area contributed by atoms with E-state index in [1.807, 2.05) is 71.0 Å². The van der Waals surface area contributed by atoms with E-state index >= 15 is 4.39 Å². The van der Waals surface area contributed by atoms with E-state index < -0.39 is 17.5 Å². The molecule has 382 valence electrons. The van der Waals surface area contributed by atoms with Crippen LogP contribution in [0.3, 0.4) is 0 Å². The van der Waals surface area contributed by atoms with Gasteiger partial charge in [-0.15, -0.1) is 0 Å². The molecule has 1 N–H and O–H groups in total. The van der Waals surface area contributed by atoms with Crippen LogP contribution in [-0.2, 0) is 40.3 Å². The van der Waals surface area contributed by atoms with E-state index in [-0.39, 0.29) is 43.3 Å². The normalized spacial score (nSPS) is 17.5. The predicted octanol–water partition coefficient (Wildman–Crippen LogP) is 7.01. The molecule has 5 aliphatic rings. The first kappa shape index (κ1) is 49.1. The van der Waals surface area contributed by atoms with Crippen molar-refractivity contribution in [1.29, 1.82) is 0 Å². The van der Waals surface area contributed by atoms with Crippen LogP contribution in [0.5, 0.6) is 11.6 Å². The molecular formula is C54H62FN11O7. The molecule has 0 saturated carbocycles. The van der Waals surface area contributed by atoms with E-state index in [1.54, 1.807) is 46.3 Å². The number of imide groups is 1. The van der Waals surface area contributed by atoms with Gasteiger partial charge in [-0.1, -0.05) is 18.2 Å². The molecule has 0 spiro atoms. The van der Waals surface area contributed by atoms with Gasteiger partial charge in [0.15, 0.2) is 0 Å². The number of methoxy groups -OCH3 is 1. The number of fused-ring (bicyclic) bond motifs is 2. The minimum atomic E-state index is -0.655. The average Bonchev–Trinajstić information content (AvgIpc) is 3.35. The van der Waals surface area contributed by atoms with Crippen molar-refractivity contribution in [3.63, 3.8) is 0 Å². The summed E-state index contributed by atoms with van der Waals surface area (Å²) in [6, 6.07) is 18.2. The van der Waals surface area contributed by atoms with Crippen LogP contribution in [0.15, 0.2) is 73.1 Å². The molecule has 0 unspecified atom stereocenters. The fraction of sp³-hybridized carbons (Fsp3) is 0.426. The number of nitrogens with zero attached hydrogens (tertiary/aromatic N) is 10. The number of likely N-dealkylation sites (tertiary alicyclic amines) is 1. The number of hydrogen-bond donors (Lipinski definition) is 1. The van der Waals surface area contributed by atoms with Gasteiger partial charge in [0, 0.05) is 93.6 Å². The summed E-state index contributed by atoms with van der Waals surface area (Å²) in [6.45, 7) is 16.4. The van der Waals surface area contributed by atoms with Crippen molar-refractivity contribution in [3.8, 4) is 11.6 Å². The summed E-state index contributed by atoms with van der Waals surface area (Å²) < 4.78 is 32.4. The number of hydrogen-bond acceptors (Lipinski definition) is 14. The standard InChI is InChI=1S/C54H62FN11O7/c1-34-25-40(11-14-45(34)64-18-16-47(67)66(52(64)69)30-36-7-12-42(71-6)13-8-36)60-19-21-61(22-20-60)41-31-63(32-41)48(68)26-37-9-10-39(27-43(37)55)58-51-57-28-38-15-17-62(33-44(38)59-51)46-29-56-50-49(35(46)2)65(23-24-72-50)53(70)73-54(3,4)5/h7-14,25,27-29,41H,15-24,26,30-33H2,1-6H3,(H,57,58,59). The minimum absolute atomic E-state index is 0.0359. The Morgan fingerprint density at radius 3 is 2.37 bits per heavy atom. The second-order valence-electron chi connectivity index (χ2n) is 20.3. The number of amides is 5. The highest BCUT2D eigenvalue weighted by atomic mass is 19.1. The van der Waals surface area contributed by atoms with E-state index in [9.17, 15) is 19.2 Å². The van der Waals surface area contributed by atoms with E-state index in [0.717, 1.165) is 71.2 Å². The maximum absolute atomic E-state index is 15.6. The summed E-state index contributed by atoms with van der Waals surface area (Å²) in [6.07, 6.45) is 4.04. The van der Waals surface area contributed by atoms with Crippen molar-refractivity contribution < 1.29 is 37.8 Å². The lowest BCUT2D eigenvalue weighted by Crippen LogP contribution is -2.64. The number of aryl methyl sites for hydroxylation is 1. The first-order valence-electron chi connectivity index (χ1n) is 25.0. The maximum atomic E-state index is 15.6. The zero-order valence-corrected chi connectivity index (χ0v) is 42.3. The topological polar surface area (TPSA) is 169 Å². The number of aromatic nitrogens is 3. The lowest BCUT2D eigenvalue weighted by atomic mass is 10.0. The minimum Gasteiger partial charge on any atom is -0.497 e. The Bertz CT molecular complexity index is 2940. The second kappa shape index (κ2) is 20.2. The predicted molar refractivity (Wildman–Crippen MR) is 274 cm³/mol. The fourth-order valence-electron chi connectivity index (χ4n) is 10.2. The molecule has 3 aromatic carbocycles. The number of rotatable bonds is 11. The van der Waals surface area contributed by atoms with Gasteiger partial charge >= 0.3 is 12.1 Å². The van der Waals surface area contributed by atoms with Gasteiger partial charge in [-0.05, 0) is 106 Å². The molecule has 73 heavy (non-hydrogen) atoms. The number of ether oxygens (including phenoxy) is 3. The van der Waals surface area contributed by atoms with Crippen LogP contribution in [0.4, 0.5) is 48.4 Å². The summed E-state index contributed by atoms with van der Waals surface area (Å²) in [5.74, 6) is 0.656. The van der Waals surface area contributed by atoms with Crippen molar-refractivity contribution in [3.05, 3.63) is 112 Å². The summed E-state index contributed by atoms with van der Waals surface area (Å²) in [4.78, 5) is 80.4. The van der Waals surface area contributed by atoms with Crippen molar-refractivity contribution in [1.82, 2.24) is 29.7 Å². The zero-order chi connectivity index (χ0) is 51.1. The third-order valence-corrected chi connectivity index (χ3v) is 14.3. The van der Waals surface area contributed by atoms with Gasteiger partial charge in [-0.3, -0.25) is 29.2 Å². The van der Waals surface area contributed by atoms with E-state index in [4.69, 9.17) is 19.2 Å². The third kappa shape index (κ3) is 10.4. The SMILES string of the molecule is COc1ccc(CN2C(=O)CCN(c3ccc(N4CCN(C5CN(C(=O)Cc6ccc(Nc7ncc8c(n7)CN(c7cnc9c(c7C)N(C(=O)OC(C)(C)C)CCO9)CC8)cc6F)C5)CC4)cc3C)C2=O)cc1. The number of urea groups is 1. The molecule has 5 aliphatic heterocycles. The van der Waals surface area contributed by atoms with Gasteiger partial charge < -0.3 is 34.2 Å². The van der Waals surface area contributed by atoms with Crippen molar-refractivity contribution in [2.75, 3.05) is 97.5 Å². The first-order chi connectivity index (χ1) is 35.1. The molecule has 10 rings (SSSR count). The quantitative estimate of drug-likeness (QED) is 0.143. The Morgan fingerprint density at radius 1 is 0.863 bits per heavy atom. The number of anilines is 6. The summed E-state index contributed by atoms with van der Waals surface area (Å²) in [5, 5.41) is 3.15. The van der Waals surface area contributed by atoms with Gasteiger partial charge in [-0.25, -0.2) is 28.9 Å². The molecule has 0 aliphatic carbocycles. The smallest absolute Gasteiger partial charge is 0.415 e. The van der Waals surface area contributed by atoms with Crippen LogP contribution < -0.4 is 34.4 Å². The Morgan fingerprint density at radius 2 is 1.64 bits per heavy atom. The van der Waals surface area contributed by atoms with E-state index in [1.165, 1.54) is 11.0 Å². The summed E-state index contributed by atoms with van der Waals surface area (Å²) in [5.41, 5.74) is 7.97. The average molecular weight is 996 g/mol. The van der Waals surface area contributed by atoms with Crippen LogP contribution in [0.1, 0.15) is 60.7 Å². The molecule has 2 aromatic heterocycles. The van der Waals surface area contributed by atoms with Gasteiger partial charge in [0.2, 0.25) is 23.6 Å². The van der Waals surface area contributed by atoms with Gasteiger partial charge in [0.25, 0.3) is 0 Å².